The molecule has 0 radical (unpaired) electrons. The van der Waals surface area contributed by atoms with Crippen LogP contribution in [0.15, 0.2) is 0 Å². The van der Waals surface area contributed by atoms with Crippen LogP contribution in [0.25, 0.3) is 0 Å². The highest BCUT2D eigenvalue weighted by Gasteiger charge is 2.32. The molecule has 1 fully saturated rings. The molecule has 0 heterocycles. The van der Waals surface area contributed by atoms with E-state index in [1.54, 1.807) is 0 Å². The summed E-state index contributed by atoms with van der Waals surface area (Å²) in [5.41, 5.74) is -0.173. The van der Waals surface area contributed by atoms with Crippen molar-refractivity contribution in [3.63, 3.8) is 0 Å². The summed E-state index contributed by atoms with van der Waals surface area (Å²) >= 11 is 0. The van der Waals surface area contributed by atoms with Crippen LogP contribution >= 0.6 is 0 Å². The normalized spacial score (nSPS) is 23.5. The van der Waals surface area contributed by atoms with Crippen LogP contribution in [0.4, 0.5) is 0 Å². The predicted octanol–water partition coefficient (Wildman–Crippen LogP) is 1.18. The first-order valence-corrected chi connectivity index (χ1v) is 5.01. The molecule has 0 aromatic carbocycles. The summed E-state index contributed by atoms with van der Waals surface area (Å²) in [6.45, 7) is 1.99. The van der Waals surface area contributed by atoms with E-state index in [1.165, 1.54) is 6.42 Å². The number of aliphatic hydroxyl groups is 1. The fourth-order valence-electron chi connectivity index (χ4n) is 2.07. The number of nitrogens with zero attached hydrogens (tertiary/aromatic N) is 1. The lowest BCUT2D eigenvalue weighted by atomic mass is 9.82. The topological polar surface area (TPSA) is 56.0 Å². The largest absolute Gasteiger partial charge is 0.394 e. The van der Waals surface area contributed by atoms with Gasteiger partial charge in [-0.2, -0.15) is 5.26 Å². The Morgan fingerprint density at radius 1 is 1.46 bits per heavy atom. The minimum atomic E-state index is -0.173. The van der Waals surface area contributed by atoms with Gasteiger partial charge < -0.3 is 5.11 Å². The lowest BCUT2D eigenvalue weighted by molar-refractivity contribution is 0.117. The number of nitrogens with one attached hydrogen (secondary N) is 1. The van der Waals surface area contributed by atoms with E-state index < -0.39 is 0 Å². The van der Waals surface area contributed by atoms with Gasteiger partial charge in [0, 0.05) is 5.54 Å². The summed E-state index contributed by atoms with van der Waals surface area (Å²) in [4.78, 5) is 0. The minimum absolute atomic E-state index is 0.152. The first-order chi connectivity index (χ1) is 6.22. The van der Waals surface area contributed by atoms with Crippen molar-refractivity contribution in [2.75, 3.05) is 6.61 Å². The van der Waals surface area contributed by atoms with Crippen LogP contribution in [-0.2, 0) is 0 Å². The van der Waals surface area contributed by atoms with Gasteiger partial charge in [0.15, 0.2) is 0 Å². The molecule has 1 saturated carbocycles. The van der Waals surface area contributed by atoms with Crippen molar-refractivity contribution in [3.8, 4) is 6.07 Å². The number of rotatable bonds is 3. The Balaban J connectivity index is 2.53. The van der Waals surface area contributed by atoms with E-state index in [2.05, 4.69) is 11.4 Å². The maximum atomic E-state index is 9.31. The van der Waals surface area contributed by atoms with E-state index in [4.69, 9.17) is 5.26 Å². The van der Waals surface area contributed by atoms with Crippen LogP contribution < -0.4 is 5.32 Å². The Kier molecular flexibility index (Phi) is 3.71. The third-order valence-corrected chi connectivity index (χ3v) is 2.83. The van der Waals surface area contributed by atoms with Crippen molar-refractivity contribution in [2.45, 2.75) is 50.6 Å². The monoisotopic (exact) mass is 182 g/mol. The SMILES string of the molecule is CC(C#N)NC1(CO)CCCCC1. The van der Waals surface area contributed by atoms with Gasteiger partial charge in [-0.05, 0) is 19.8 Å². The van der Waals surface area contributed by atoms with Crippen molar-refractivity contribution in [3.05, 3.63) is 0 Å². The number of hydrogen-bond acceptors (Lipinski definition) is 3. The molecule has 0 aliphatic heterocycles. The molecule has 1 unspecified atom stereocenters. The van der Waals surface area contributed by atoms with Crippen molar-refractivity contribution < 1.29 is 5.11 Å². The molecule has 0 bridgehead atoms. The molecule has 2 N–H and O–H groups in total. The Labute approximate surface area is 79.8 Å². The van der Waals surface area contributed by atoms with Gasteiger partial charge in [0.2, 0.25) is 0 Å². The second-order valence-electron chi connectivity index (χ2n) is 3.99. The molecule has 1 aliphatic rings. The summed E-state index contributed by atoms with van der Waals surface area (Å²) in [6, 6.07) is 1.99. The Morgan fingerprint density at radius 3 is 2.54 bits per heavy atom. The molecule has 0 aromatic heterocycles. The minimum Gasteiger partial charge on any atom is -0.394 e. The Morgan fingerprint density at radius 2 is 2.08 bits per heavy atom. The zero-order chi connectivity index (χ0) is 9.73. The van der Waals surface area contributed by atoms with Gasteiger partial charge in [-0.3, -0.25) is 5.32 Å². The maximum Gasteiger partial charge on any atom is 0.0929 e. The molecule has 74 valence electrons. The summed E-state index contributed by atoms with van der Waals surface area (Å²) in [5.74, 6) is 0. The van der Waals surface area contributed by atoms with Gasteiger partial charge in [0.1, 0.15) is 0 Å². The number of aliphatic hydroxyl groups excluding tert-OH is 1. The second kappa shape index (κ2) is 4.59. The van der Waals surface area contributed by atoms with Gasteiger partial charge >= 0.3 is 0 Å². The van der Waals surface area contributed by atoms with E-state index in [0.717, 1.165) is 25.7 Å². The van der Waals surface area contributed by atoms with Gasteiger partial charge in [-0.15, -0.1) is 0 Å². The van der Waals surface area contributed by atoms with Gasteiger partial charge in [0.05, 0.1) is 18.7 Å². The summed E-state index contributed by atoms with van der Waals surface area (Å²) in [7, 11) is 0. The van der Waals surface area contributed by atoms with Crippen LogP contribution in [-0.4, -0.2) is 23.3 Å². The quantitative estimate of drug-likeness (QED) is 0.689. The molecule has 1 atom stereocenters. The molecule has 1 rings (SSSR count). The van der Waals surface area contributed by atoms with Crippen molar-refractivity contribution in [2.24, 2.45) is 0 Å². The smallest absolute Gasteiger partial charge is 0.0929 e. The van der Waals surface area contributed by atoms with E-state index in [0.29, 0.717) is 0 Å². The third kappa shape index (κ3) is 2.68. The highest BCUT2D eigenvalue weighted by atomic mass is 16.3. The molecular formula is C10H18N2O. The zero-order valence-electron chi connectivity index (χ0n) is 8.21. The zero-order valence-corrected chi connectivity index (χ0v) is 8.21. The lowest BCUT2D eigenvalue weighted by Gasteiger charge is -2.37. The molecule has 0 saturated heterocycles. The van der Waals surface area contributed by atoms with Crippen LogP contribution in [0.3, 0.4) is 0 Å². The first kappa shape index (κ1) is 10.5. The van der Waals surface area contributed by atoms with E-state index in [9.17, 15) is 5.11 Å². The van der Waals surface area contributed by atoms with Gasteiger partial charge in [-0.1, -0.05) is 19.3 Å². The molecule has 1 aliphatic carbocycles. The lowest BCUT2D eigenvalue weighted by Crippen LogP contribution is -2.53. The van der Waals surface area contributed by atoms with Gasteiger partial charge in [0.25, 0.3) is 0 Å². The summed E-state index contributed by atoms with van der Waals surface area (Å²) < 4.78 is 0. The van der Waals surface area contributed by atoms with Crippen LogP contribution in [0, 0.1) is 11.3 Å². The molecule has 13 heavy (non-hydrogen) atoms. The average Bonchev–Trinajstić information content (AvgIpc) is 2.19. The third-order valence-electron chi connectivity index (χ3n) is 2.83. The molecule has 3 heteroatoms. The molecule has 3 nitrogen and oxygen atoms in total. The van der Waals surface area contributed by atoms with Gasteiger partial charge in [-0.25, -0.2) is 0 Å². The predicted molar refractivity (Wildman–Crippen MR) is 51.1 cm³/mol. The van der Waals surface area contributed by atoms with E-state index in [1.807, 2.05) is 6.92 Å². The van der Waals surface area contributed by atoms with E-state index in [-0.39, 0.29) is 18.2 Å². The summed E-state index contributed by atoms with van der Waals surface area (Å²) in [6.07, 6.45) is 5.56. The molecule has 0 aromatic rings. The average molecular weight is 182 g/mol. The van der Waals surface area contributed by atoms with Crippen LogP contribution in [0.5, 0.6) is 0 Å². The number of hydrogen-bond donors (Lipinski definition) is 2. The molecular weight excluding hydrogens is 164 g/mol. The van der Waals surface area contributed by atoms with Crippen LogP contribution in [0.2, 0.25) is 0 Å². The standard InChI is InChI=1S/C10H18N2O/c1-9(7-11)12-10(8-13)5-3-2-4-6-10/h9,12-13H,2-6,8H2,1H3. The molecule has 0 amide bonds. The van der Waals surface area contributed by atoms with Crippen molar-refractivity contribution >= 4 is 0 Å². The van der Waals surface area contributed by atoms with E-state index >= 15 is 0 Å². The summed E-state index contributed by atoms with van der Waals surface area (Å²) in [5, 5.41) is 21.2. The Hall–Kier alpha value is -0.590. The molecule has 0 spiro atoms. The second-order valence-corrected chi connectivity index (χ2v) is 3.99. The highest BCUT2D eigenvalue weighted by molar-refractivity contribution is 4.97. The Bertz CT molecular complexity index is 192. The van der Waals surface area contributed by atoms with Crippen molar-refractivity contribution in [1.29, 1.82) is 5.26 Å². The van der Waals surface area contributed by atoms with Crippen molar-refractivity contribution in [1.82, 2.24) is 5.32 Å². The highest BCUT2D eigenvalue weighted by Crippen LogP contribution is 2.27. The fourth-order valence-corrected chi connectivity index (χ4v) is 2.07. The van der Waals surface area contributed by atoms with Crippen LogP contribution in [0.1, 0.15) is 39.0 Å². The fraction of sp³-hybridized carbons (Fsp3) is 0.900. The maximum absolute atomic E-state index is 9.31. The number of nitriles is 1. The first-order valence-electron chi connectivity index (χ1n) is 5.01.